The molecule has 1 atom stereocenters. The molecule has 1 amide bonds. The van der Waals surface area contributed by atoms with Crippen LogP contribution in [0.2, 0.25) is 0 Å². The Bertz CT molecular complexity index is 567. The number of amides is 1. The number of aromatic amines is 1. The van der Waals surface area contributed by atoms with Gasteiger partial charge in [-0.1, -0.05) is 0 Å². The minimum Gasteiger partial charge on any atom is -0.293 e. The number of hydrogen-bond acceptors (Lipinski definition) is 4. The number of rotatable bonds is 2. The lowest BCUT2D eigenvalue weighted by atomic mass is 10.4. The average molecular weight is 323 g/mol. The van der Waals surface area contributed by atoms with E-state index < -0.39 is 15.3 Å². The monoisotopic (exact) mass is 322 g/mol. The maximum atomic E-state index is 11.7. The summed E-state index contributed by atoms with van der Waals surface area (Å²) in [5.74, 6) is 0.106. The zero-order valence-electron chi connectivity index (χ0n) is 8.97. The van der Waals surface area contributed by atoms with Gasteiger partial charge in [-0.15, -0.1) is 0 Å². The third-order valence-corrected chi connectivity index (χ3v) is 4.86. The van der Waals surface area contributed by atoms with E-state index in [1.54, 1.807) is 6.92 Å². The maximum Gasteiger partial charge on any atom is 0.229 e. The van der Waals surface area contributed by atoms with Crippen molar-refractivity contribution in [2.45, 2.75) is 18.6 Å². The third kappa shape index (κ3) is 2.22. The number of nitrogens with one attached hydrogen (secondary N) is 1. The number of primary sulfonamides is 1. The molecular weight excluding hydrogens is 312 g/mol. The Balaban J connectivity index is 2.31. The van der Waals surface area contributed by atoms with Crippen LogP contribution < -0.4 is 10.0 Å². The van der Waals surface area contributed by atoms with E-state index in [4.69, 9.17) is 5.14 Å². The Hall–Kier alpha value is -0.930. The summed E-state index contributed by atoms with van der Waals surface area (Å²) in [6.45, 7) is 1.83. The van der Waals surface area contributed by atoms with E-state index in [1.807, 2.05) is 0 Å². The van der Waals surface area contributed by atoms with Gasteiger partial charge in [-0.2, -0.15) is 5.10 Å². The minimum atomic E-state index is -3.70. The molecule has 2 heterocycles. The van der Waals surface area contributed by atoms with Crippen LogP contribution in [0.5, 0.6) is 0 Å². The molecule has 7 nitrogen and oxygen atoms in total. The van der Waals surface area contributed by atoms with E-state index in [1.165, 1.54) is 4.90 Å². The second-order valence-corrected chi connectivity index (χ2v) is 6.54. The van der Waals surface area contributed by atoms with Crippen LogP contribution in [-0.2, 0) is 14.8 Å². The van der Waals surface area contributed by atoms with Gasteiger partial charge in [-0.25, -0.2) is 13.6 Å². The van der Waals surface area contributed by atoms with Crippen LogP contribution in [0, 0.1) is 6.92 Å². The van der Waals surface area contributed by atoms with Crippen LogP contribution in [0.1, 0.15) is 12.1 Å². The van der Waals surface area contributed by atoms with E-state index in [0.717, 1.165) is 5.69 Å². The van der Waals surface area contributed by atoms with Crippen molar-refractivity contribution in [1.82, 2.24) is 10.2 Å². The van der Waals surface area contributed by atoms with Gasteiger partial charge in [0.15, 0.2) is 5.82 Å². The summed E-state index contributed by atoms with van der Waals surface area (Å²) in [6.07, 6.45) is -0.100. The Kier molecular flexibility index (Phi) is 3.00. The predicted molar refractivity (Wildman–Crippen MR) is 64.9 cm³/mol. The molecule has 0 spiro atoms. The first-order valence-corrected chi connectivity index (χ1v) is 7.23. The quantitative estimate of drug-likeness (QED) is 0.790. The number of anilines is 1. The Morgan fingerprint density at radius 1 is 1.59 bits per heavy atom. The van der Waals surface area contributed by atoms with Crippen LogP contribution in [0.4, 0.5) is 5.82 Å². The van der Waals surface area contributed by atoms with Gasteiger partial charge < -0.3 is 0 Å². The number of hydrogen-bond donors (Lipinski definition) is 2. The molecule has 1 unspecified atom stereocenters. The van der Waals surface area contributed by atoms with Gasteiger partial charge in [0.25, 0.3) is 0 Å². The van der Waals surface area contributed by atoms with Crippen molar-refractivity contribution in [2.24, 2.45) is 5.14 Å². The summed E-state index contributed by atoms with van der Waals surface area (Å²) >= 11 is 3.29. The number of aromatic nitrogens is 2. The van der Waals surface area contributed by atoms with Crippen molar-refractivity contribution in [1.29, 1.82) is 0 Å². The Labute approximate surface area is 107 Å². The first kappa shape index (κ1) is 12.5. The lowest BCUT2D eigenvalue weighted by Crippen LogP contribution is -2.32. The molecule has 1 aliphatic rings. The highest BCUT2D eigenvalue weighted by atomic mass is 79.9. The normalized spacial score (nSPS) is 21.2. The summed E-state index contributed by atoms with van der Waals surface area (Å²) in [5.41, 5.74) is 0.770. The van der Waals surface area contributed by atoms with E-state index in [0.29, 0.717) is 10.3 Å². The topological polar surface area (TPSA) is 109 Å². The molecule has 0 aromatic carbocycles. The Morgan fingerprint density at radius 3 is 2.65 bits per heavy atom. The predicted octanol–water partition coefficient (Wildman–Crippen LogP) is -0.126. The molecule has 0 radical (unpaired) electrons. The van der Waals surface area contributed by atoms with Gasteiger partial charge in [0.05, 0.1) is 4.47 Å². The SMILES string of the molecule is Cc1[nH]nc(N2CC(S(N)(=O)=O)CC2=O)c1Br. The van der Waals surface area contributed by atoms with Crippen molar-refractivity contribution >= 4 is 37.7 Å². The summed E-state index contributed by atoms with van der Waals surface area (Å²) in [6, 6.07) is 0. The summed E-state index contributed by atoms with van der Waals surface area (Å²) in [7, 11) is -3.70. The molecule has 94 valence electrons. The van der Waals surface area contributed by atoms with Gasteiger partial charge >= 0.3 is 0 Å². The molecule has 2 rings (SSSR count). The van der Waals surface area contributed by atoms with Gasteiger partial charge in [0, 0.05) is 18.7 Å². The number of aryl methyl sites for hydroxylation is 1. The van der Waals surface area contributed by atoms with Crippen molar-refractivity contribution in [2.75, 3.05) is 11.4 Å². The van der Waals surface area contributed by atoms with Gasteiger partial charge in [0.1, 0.15) is 5.25 Å². The zero-order valence-corrected chi connectivity index (χ0v) is 11.4. The number of carbonyl (C=O) groups excluding carboxylic acids is 1. The van der Waals surface area contributed by atoms with E-state index in [2.05, 4.69) is 26.1 Å². The van der Waals surface area contributed by atoms with Crippen molar-refractivity contribution in [3.8, 4) is 0 Å². The largest absolute Gasteiger partial charge is 0.293 e. The van der Waals surface area contributed by atoms with Crippen LogP contribution in [-0.4, -0.2) is 36.3 Å². The molecule has 1 aliphatic heterocycles. The minimum absolute atomic E-state index is 0.0422. The molecule has 17 heavy (non-hydrogen) atoms. The fourth-order valence-corrected chi connectivity index (χ4v) is 2.80. The second kappa shape index (κ2) is 4.07. The summed E-state index contributed by atoms with van der Waals surface area (Å²) in [5, 5.41) is 10.9. The van der Waals surface area contributed by atoms with E-state index >= 15 is 0 Å². The molecule has 0 saturated carbocycles. The highest BCUT2D eigenvalue weighted by Gasteiger charge is 2.38. The number of carbonyl (C=O) groups is 1. The van der Waals surface area contributed by atoms with Crippen LogP contribution in [0.25, 0.3) is 0 Å². The smallest absolute Gasteiger partial charge is 0.229 e. The molecule has 9 heteroatoms. The number of halogens is 1. The number of H-pyrrole nitrogens is 1. The maximum absolute atomic E-state index is 11.7. The standard InChI is InChI=1S/C8H11BrN4O3S/c1-4-7(9)8(12-11-4)13-3-5(2-6(13)14)17(10,15)16/h5H,2-3H2,1H3,(H,11,12)(H2,10,15,16). The lowest BCUT2D eigenvalue weighted by molar-refractivity contribution is -0.117. The number of sulfonamides is 1. The van der Waals surface area contributed by atoms with Crippen LogP contribution >= 0.6 is 15.9 Å². The third-order valence-electron chi connectivity index (χ3n) is 2.66. The zero-order chi connectivity index (χ0) is 12.8. The molecule has 1 aromatic rings. The molecule has 1 saturated heterocycles. The van der Waals surface area contributed by atoms with Crippen LogP contribution in [0.15, 0.2) is 4.47 Å². The first-order valence-electron chi connectivity index (χ1n) is 4.83. The van der Waals surface area contributed by atoms with Crippen molar-refractivity contribution in [3.63, 3.8) is 0 Å². The van der Waals surface area contributed by atoms with Gasteiger partial charge in [-0.05, 0) is 22.9 Å². The van der Waals surface area contributed by atoms with Crippen LogP contribution in [0.3, 0.4) is 0 Å². The van der Waals surface area contributed by atoms with E-state index in [9.17, 15) is 13.2 Å². The summed E-state index contributed by atoms with van der Waals surface area (Å²) in [4.78, 5) is 13.0. The number of nitrogens with two attached hydrogens (primary N) is 1. The molecule has 0 aliphatic carbocycles. The number of nitrogens with zero attached hydrogens (tertiary/aromatic N) is 2. The van der Waals surface area contributed by atoms with Crippen molar-refractivity contribution < 1.29 is 13.2 Å². The molecular formula is C8H11BrN4O3S. The summed E-state index contributed by atoms with van der Waals surface area (Å²) < 4.78 is 23.1. The second-order valence-electron chi connectivity index (χ2n) is 3.91. The first-order chi connectivity index (χ1) is 7.80. The molecule has 3 N–H and O–H groups in total. The highest BCUT2D eigenvalue weighted by Crippen LogP contribution is 2.30. The Morgan fingerprint density at radius 2 is 2.24 bits per heavy atom. The average Bonchev–Trinajstić information content (AvgIpc) is 2.72. The van der Waals surface area contributed by atoms with Gasteiger partial charge in [-0.3, -0.25) is 14.8 Å². The fraction of sp³-hybridized carbons (Fsp3) is 0.500. The van der Waals surface area contributed by atoms with E-state index in [-0.39, 0.29) is 18.9 Å². The fourth-order valence-electron chi connectivity index (χ4n) is 1.68. The lowest BCUT2D eigenvalue weighted by Gasteiger charge is -2.13. The molecule has 0 bridgehead atoms. The highest BCUT2D eigenvalue weighted by molar-refractivity contribution is 9.10. The van der Waals surface area contributed by atoms with Crippen molar-refractivity contribution in [3.05, 3.63) is 10.2 Å². The molecule has 1 fully saturated rings. The van der Waals surface area contributed by atoms with Gasteiger partial charge in [0.2, 0.25) is 15.9 Å². The molecule has 1 aromatic heterocycles.